The molecule has 0 saturated heterocycles. The van der Waals surface area contributed by atoms with E-state index in [2.05, 4.69) is 42.3 Å². The van der Waals surface area contributed by atoms with Gasteiger partial charge in [-0.1, -0.05) is 12.2 Å². The molecule has 0 fully saturated rings. The normalized spacial score (nSPS) is 10.5. The first-order valence-corrected chi connectivity index (χ1v) is 7.79. The number of nitrogens with one attached hydrogen (secondary N) is 1. The number of halogens is 2. The van der Waals surface area contributed by atoms with E-state index in [1.165, 1.54) is 22.2 Å². The van der Waals surface area contributed by atoms with E-state index in [0.717, 1.165) is 8.26 Å². The van der Waals surface area contributed by atoms with Crippen molar-refractivity contribution in [3.8, 4) is 0 Å². The van der Waals surface area contributed by atoms with Crippen LogP contribution in [0.5, 0.6) is 0 Å². The van der Waals surface area contributed by atoms with Crippen LogP contribution in [0.1, 0.15) is 15.2 Å². The van der Waals surface area contributed by atoms with Crippen LogP contribution in [0.2, 0.25) is 0 Å². The Morgan fingerprint density at radius 3 is 2.79 bits per heavy atom. The van der Waals surface area contributed by atoms with Crippen molar-refractivity contribution in [3.05, 3.63) is 31.0 Å². The summed E-state index contributed by atoms with van der Waals surface area (Å²) in [6.45, 7) is 0. The van der Waals surface area contributed by atoms with Gasteiger partial charge < -0.3 is 11.1 Å². The number of rotatable bonds is 3. The van der Waals surface area contributed by atoms with Crippen molar-refractivity contribution in [2.45, 2.75) is 0 Å². The second-order valence-corrected chi connectivity index (χ2v) is 7.25. The van der Waals surface area contributed by atoms with E-state index in [-0.39, 0.29) is 10.9 Å². The van der Waals surface area contributed by atoms with Gasteiger partial charge in [0.2, 0.25) is 0 Å². The Labute approximate surface area is 135 Å². The Bertz CT molecular complexity index is 645. The molecule has 0 aliphatic carbocycles. The average Bonchev–Trinajstić information content (AvgIpc) is 2.85. The third kappa shape index (κ3) is 3.04. The Balaban J connectivity index is 2.29. The number of amides is 1. The number of thiophene rings is 1. The Morgan fingerprint density at radius 2 is 2.26 bits per heavy atom. The molecule has 5 nitrogen and oxygen atoms in total. The standard InChI is InChI=1S/C10H8Br2N4OS2/c1-16-9(4(3-14-16)8(13)18)15-10(17)6-2-5(11)7(12)19-6/h2-3H,1H3,(H2,13,18)(H,15,17). The third-order valence-electron chi connectivity index (χ3n) is 2.31. The van der Waals surface area contributed by atoms with Crippen LogP contribution in [0.4, 0.5) is 5.82 Å². The van der Waals surface area contributed by atoms with Crippen LogP contribution in [0.15, 0.2) is 20.5 Å². The summed E-state index contributed by atoms with van der Waals surface area (Å²) in [6, 6.07) is 1.74. The zero-order valence-corrected chi connectivity index (χ0v) is 14.4. The maximum atomic E-state index is 12.1. The second-order valence-electron chi connectivity index (χ2n) is 3.58. The highest BCUT2D eigenvalue weighted by Crippen LogP contribution is 2.32. The molecule has 19 heavy (non-hydrogen) atoms. The monoisotopic (exact) mass is 422 g/mol. The number of aryl methyl sites for hydroxylation is 1. The summed E-state index contributed by atoms with van der Waals surface area (Å²) in [7, 11) is 1.71. The molecular weight excluding hydrogens is 416 g/mol. The highest BCUT2D eigenvalue weighted by molar-refractivity contribution is 9.13. The molecule has 3 N–H and O–H groups in total. The first kappa shape index (κ1) is 14.6. The van der Waals surface area contributed by atoms with Crippen molar-refractivity contribution in [2.75, 3.05) is 5.32 Å². The van der Waals surface area contributed by atoms with Gasteiger partial charge in [-0.05, 0) is 37.9 Å². The highest BCUT2D eigenvalue weighted by Gasteiger charge is 2.17. The summed E-state index contributed by atoms with van der Waals surface area (Å²) in [4.78, 5) is 12.9. The van der Waals surface area contributed by atoms with Crippen LogP contribution in [0.3, 0.4) is 0 Å². The van der Waals surface area contributed by atoms with Crippen LogP contribution in [-0.4, -0.2) is 20.7 Å². The number of anilines is 1. The van der Waals surface area contributed by atoms with Gasteiger partial charge in [-0.3, -0.25) is 9.48 Å². The lowest BCUT2D eigenvalue weighted by molar-refractivity contribution is 0.102. The first-order valence-electron chi connectivity index (χ1n) is 4.98. The van der Waals surface area contributed by atoms with Gasteiger partial charge in [0.15, 0.2) is 0 Å². The van der Waals surface area contributed by atoms with Crippen molar-refractivity contribution >= 4 is 72.1 Å². The summed E-state index contributed by atoms with van der Waals surface area (Å²) in [5.41, 5.74) is 6.13. The smallest absolute Gasteiger partial charge is 0.266 e. The van der Waals surface area contributed by atoms with Crippen molar-refractivity contribution in [1.29, 1.82) is 0 Å². The quantitative estimate of drug-likeness (QED) is 0.744. The molecule has 0 aromatic carbocycles. The molecule has 0 spiro atoms. The summed E-state index contributed by atoms with van der Waals surface area (Å²) in [5, 5.41) is 6.79. The number of nitrogens with two attached hydrogens (primary N) is 1. The lowest BCUT2D eigenvalue weighted by Crippen LogP contribution is -2.18. The van der Waals surface area contributed by atoms with Gasteiger partial charge in [0.1, 0.15) is 10.8 Å². The Morgan fingerprint density at radius 1 is 1.58 bits per heavy atom. The minimum absolute atomic E-state index is 0.192. The maximum absolute atomic E-state index is 12.1. The number of hydrogen-bond acceptors (Lipinski definition) is 4. The SMILES string of the molecule is Cn1ncc(C(N)=S)c1NC(=O)c1cc(Br)c(Br)s1. The molecule has 0 atom stereocenters. The molecule has 0 saturated carbocycles. The van der Waals surface area contributed by atoms with Gasteiger partial charge in [-0.15, -0.1) is 11.3 Å². The largest absolute Gasteiger partial charge is 0.389 e. The topological polar surface area (TPSA) is 72.9 Å². The van der Waals surface area contributed by atoms with E-state index >= 15 is 0 Å². The molecule has 1 amide bonds. The fraction of sp³-hybridized carbons (Fsp3) is 0.100. The molecule has 0 bridgehead atoms. The van der Waals surface area contributed by atoms with E-state index in [1.54, 1.807) is 13.1 Å². The molecule has 100 valence electrons. The number of aromatic nitrogens is 2. The van der Waals surface area contributed by atoms with Crippen LogP contribution in [0, 0.1) is 0 Å². The Kier molecular flexibility index (Phi) is 4.39. The van der Waals surface area contributed by atoms with Crippen molar-refractivity contribution in [3.63, 3.8) is 0 Å². The fourth-order valence-corrected chi connectivity index (χ4v) is 3.47. The molecule has 2 aromatic rings. The second kappa shape index (κ2) is 5.70. The van der Waals surface area contributed by atoms with Crippen LogP contribution >= 0.6 is 55.4 Å². The molecule has 0 unspecified atom stereocenters. The average molecular weight is 424 g/mol. The molecule has 2 rings (SSSR count). The van der Waals surface area contributed by atoms with E-state index in [0.29, 0.717) is 16.3 Å². The summed E-state index contributed by atoms with van der Waals surface area (Å²) in [5.74, 6) is 0.246. The van der Waals surface area contributed by atoms with Gasteiger partial charge in [-0.25, -0.2) is 0 Å². The molecule has 0 radical (unpaired) electrons. The predicted octanol–water partition coefficient (Wildman–Crippen LogP) is 2.89. The lowest BCUT2D eigenvalue weighted by Gasteiger charge is -2.06. The first-order chi connectivity index (χ1) is 8.90. The van der Waals surface area contributed by atoms with E-state index < -0.39 is 0 Å². The maximum Gasteiger partial charge on any atom is 0.266 e. The minimum atomic E-state index is -0.238. The van der Waals surface area contributed by atoms with Crippen molar-refractivity contribution in [2.24, 2.45) is 12.8 Å². The minimum Gasteiger partial charge on any atom is -0.389 e. The van der Waals surface area contributed by atoms with Gasteiger partial charge in [0.05, 0.1) is 20.4 Å². The molecule has 9 heteroatoms. The van der Waals surface area contributed by atoms with Gasteiger partial charge in [0, 0.05) is 11.5 Å². The molecule has 2 aromatic heterocycles. The number of carbonyl (C=O) groups excluding carboxylic acids is 1. The van der Waals surface area contributed by atoms with Gasteiger partial charge in [0.25, 0.3) is 5.91 Å². The van der Waals surface area contributed by atoms with E-state index in [9.17, 15) is 4.79 Å². The summed E-state index contributed by atoms with van der Waals surface area (Å²) in [6.07, 6.45) is 1.53. The lowest BCUT2D eigenvalue weighted by atomic mass is 10.3. The van der Waals surface area contributed by atoms with E-state index in [4.69, 9.17) is 18.0 Å². The van der Waals surface area contributed by atoms with Crippen LogP contribution in [0.25, 0.3) is 0 Å². The van der Waals surface area contributed by atoms with E-state index in [1.807, 2.05) is 0 Å². The zero-order valence-electron chi connectivity index (χ0n) is 9.61. The molecule has 0 aliphatic heterocycles. The molecule has 2 heterocycles. The fourth-order valence-electron chi connectivity index (χ4n) is 1.39. The van der Waals surface area contributed by atoms with Crippen molar-refractivity contribution < 1.29 is 4.79 Å². The summed E-state index contributed by atoms with van der Waals surface area (Å²) < 4.78 is 3.21. The van der Waals surface area contributed by atoms with Crippen LogP contribution < -0.4 is 11.1 Å². The number of carbonyl (C=O) groups is 1. The van der Waals surface area contributed by atoms with Crippen molar-refractivity contribution in [1.82, 2.24) is 9.78 Å². The molecule has 0 aliphatic rings. The van der Waals surface area contributed by atoms with Crippen LogP contribution in [-0.2, 0) is 7.05 Å². The molecular formula is C10H8Br2N4OS2. The highest BCUT2D eigenvalue weighted by atomic mass is 79.9. The number of thiocarbonyl (C=S) groups is 1. The number of hydrogen-bond donors (Lipinski definition) is 2. The third-order valence-corrected chi connectivity index (χ3v) is 5.78. The zero-order chi connectivity index (χ0) is 14.2. The predicted molar refractivity (Wildman–Crippen MR) is 86.8 cm³/mol. The van der Waals surface area contributed by atoms with Gasteiger partial charge >= 0.3 is 0 Å². The Hall–Kier alpha value is -0.770. The van der Waals surface area contributed by atoms with Gasteiger partial charge in [-0.2, -0.15) is 5.10 Å². The summed E-state index contributed by atoms with van der Waals surface area (Å²) >= 11 is 12.9. The number of nitrogens with zero attached hydrogens (tertiary/aromatic N) is 2.